The summed E-state index contributed by atoms with van der Waals surface area (Å²) in [7, 11) is 1.52. The highest BCUT2D eigenvalue weighted by atomic mass is 35.5. The lowest BCUT2D eigenvalue weighted by molar-refractivity contribution is -0.274. The molecule has 0 atom stereocenters. The molecular formula is C14H12ClF3N2O2S. The molecule has 0 aliphatic heterocycles. The second-order valence-electron chi connectivity index (χ2n) is 4.54. The van der Waals surface area contributed by atoms with Crippen molar-refractivity contribution in [3.05, 3.63) is 45.6 Å². The van der Waals surface area contributed by atoms with E-state index in [1.807, 2.05) is 0 Å². The molecule has 0 radical (unpaired) electrons. The quantitative estimate of drug-likeness (QED) is 0.832. The molecule has 1 N–H and O–H groups in total. The number of thiophene rings is 1. The van der Waals surface area contributed by atoms with Gasteiger partial charge in [0.15, 0.2) is 5.75 Å². The van der Waals surface area contributed by atoms with Crippen molar-refractivity contribution in [2.75, 3.05) is 12.4 Å². The Kier molecular flexibility index (Phi) is 5.38. The molecule has 2 aromatic rings. The van der Waals surface area contributed by atoms with Gasteiger partial charge in [0.25, 0.3) is 0 Å². The maximum atomic E-state index is 12.4. The van der Waals surface area contributed by atoms with Crippen LogP contribution in [0.15, 0.2) is 36.4 Å². The number of urea groups is 1. The van der Waals surface area contributed by atoms with Crippen molar-refractivity contribution in [1.29, 1.82) is 0 Å². The van der Waals surface area contributed by atoms with Crippen LogP contribution in [0.2, 0.25) is 4.34 Å². The number of hydrogen-bond donors (Lipinski definition) is 1. The first-order chi connectivity index (χ1) is 10.7. The highest BCUT2D eigenvalue weighted by Crippen LogP contribution is 2.30. The summed E-state index contributed by atoms with van der Waals surface area (Å²) in [5.41, 5.74) is -0.0640. The maximum absolute atomic E-state index is 12.4. The Morgan fingerprint density at radius 3 is 2.61 bits per heavy atom. The van der Waals surface area contributed by atoms with Crippen molar-refractivity contribution in [2.24, 2.45) is 0 Å². The van der Waals surface area contributed by atoms with E-state index in [9.17, 15) is 18.0 Å². The molecule has 0 aliphatic carbocycles. The molecule has 1 aromatic carbocycles. The van der Waals surface area contributed by atoms with E-state index in [0.717, 1.165) is 10.9 Å². The van der Waals surface area contributed by atoms with Crippen LogP contribution in [0.1, 0.15) is 4.88 Å². The zero-order valence-electron chi connectivity index (χ0n) is 11.9. The molecule has 2 amide bonds. The van der Waals surface area contributed by atoms with Crippen LogP contribution in [-0.2, 0) is 6.54 Å². The predicted molar refractivity (Wildman–Crippen MR) is 82.9 cm³/mol. The number of rotatable bonds is 4. The van der Waals surface area contributed by atoms with Gasteiger partial charge in [0.2, 0.25) is 0 Å². The van der Waals surface area contributed by atoms with Gasteiger partial charge in [0.1, 0.15) is 0 Å². The maximum Gasteiger partial charge on any atom is 0.573 e. The average Bonchev–Trinajstić information content (AvgIpc) is 2.84. The summed E-state index contributed by atoms with van der Waals surface area (Å²) in [6.45, 7) is 0.283. The minimum absolute atomic E-state index is 0.0640. The molecular weight excluding hydrogens is 353 g/mol. The van der Waals surface area contributed by atoms with Gasteiger partial charge in [0.05, 0.1) is 16.6 Å². The molecule has 2 rings (SSSR count). The Hall–Kier alpha value is -1.93. The van der Waals surface area contributed by atoms with E-state index in [1.54, 1.807) is 12.1 Å². The van der Waals surface area contributed by atoms with Crippen molar-refractivity contribution >= 4 is 34.7 Å². The number of nitrogens with zero attached hydrogens (tertiary/aromatic N) is 1. The number of anilines is 1. The van der Waals surface area contributed by atoms with Gasteiger partial charge < -0.3 is 15.0 Å². The second-order valence-corrected chi connectivity index (χ2v) is 6.34. The molecule has 0 unspecified atom stereocenters. The summed E-state index contributed by atoms with van der Waals surface area (Å²) < 4.78 is 41.5. The molecule has 1 heterocycles. The number of hydrogen-bond acceptors (Lipinski definition) is 3. The number of nitrogens with one attached hydrogen (secondary N) is 1. The van der Waals surface area contributed by atoms with E-state index in [0.29, 0.717) is 4.34 Å². The topological polar surface area (TPSA) is 41.6 Å². The minimum atomic E-state index is -4.83. The largest absolute Gasteiger partial charge is 0.573 e. The van der Waals surface area contributed by atoms with Gasteiger partial charge in [-0.1, -0.05) is 23.7 Å². The monoisotopic (exact) mass is 364 g/mol. The second kappa shape index (κ2) is 7.10. The van der Waals surface area contributed by atoms with E-state index in [4.69, 9.17) is 11.6 Å². The third-order valence-corrected chi connectivity index (χ3v) is 3.94. The zero-order chi connectivity index (χ0) is 17.0. The number of para-hydroxylation sites is 2. The van der Waals surface area contributed by atoms with Crippen molar-refractivity contribution in [2.45, 2.75) is 12.9 Å². The molecule has 9 heteroatoms. The van der Waals surface area contributed by atoms with E-state index < -0.39 is 18.1 Å². The third kappa shape index (κ3) is 5.33. The van der Waals surface area contributed by atoms with Crippen LogP contribution in [0.25, 0.3) is 0 Å². The fourth-order valence-electron chi connectivity index (χ4n) is 1.74. The molecule has 0 saturated carbocycles. The molecule has 124 valence electrons. The average molecular weight is 365 g/mol. The van der Waals surface area contributed by atoms with Gasteiger partial charge in [0, 0.05) is 11.9 Å². The fourth-order valence-corrected chi connectivity index (χ4v) is 2.88. The lowest BCUT2D eigenvalue weighted by Gasteiger charge is -2.19. The van der Waals surface area contributed by atoms with Crippen molar-refractivity contribution in [3.8, 4) is 5.75 Å². The van der Waals surface area contributed by atoms with E-state index >= 15 is 0 Å². The number of carbonyl (C=O) groups is 1. The van der Waals surface area contributed by atoms with Crippen LogP contribution < -0.4 is 10.1 Å². The number of halogens is 4. The summed E-state index contributed by atoms with van der Waals surface area (Å²) >= 11 is 7.13. The number of alkyl halides is 3. The van der Waals surface area contributed by atoms with Crippen molar-refractivity contribution < 1.29 is 22.7 Å². The van der Waals surface area contributed by atoms with Gasteiger partial charge in [-0.05, 0) is 24.3 Å². The van der Waals surface area contributed by atoms with Crippen LogP contribution in [-0.4, -0.2) is 24.3 Å². The van der Waals surface area contributed by atoms with Crippen molar-refractivity contribution in [3.63, 3.8) is 0 Å². The van der Waals surface area contributed by atoms with Gasteiger partial charge in [-0.3, -0.25) is 0 Å². The SMILES string of the molecule is CN(Cc1ccc(Cl)s1)C(=O)Nc1ccccc1OC(F)(F)F. The van der Waals surface area contributed by atoms with Crippen LogP contribution in [0, 0.1) is 0 Å². The highest BCUT2D eigenvalue weighted by molar-refractivity contribution is 7.16. The van der Waals surface area contributed by atoms with Crippen LogP contribution in [0.4, 0.5) is 23.7 Å². The number of ether oxygens (including phenoxy) is 1. The Balaban J connectivity index is 2.05. The molecule has 1 aromatic heterocycles. The van der Waals surface area contributed by atoms with Crippen LogP contribution in [0.3, 0.4) is 0 Å². The Morgan fingerprint density at radius 2 is 2.00 bits per heavy atom. The highest BCUT2D eigenvalue weighted by Gasteiger charge is 2.32. The Morgan fingerprint density at radius 1 is 1.30 bits per heavy atom. The van der Waals surface area contributed by atoms with Gasteiger partial charge in [-0.15, -0.1) is 24.5 Å². The summed E-state index contributed by atoms with van der Waals surface area (Å²) in [6, 6.07) is 8.26. The Bertz CT molecular complexity index is 691. The summed E-state index contributed by atoms with van der Waals surface area (Å²) in [5.74, 6) is -0.471. The third-order valence-electron chi connectivity index (χ3n) is 2.72. The molecule has 0 aliphatic rings. The summed E-state index contributed by atoms with van der Waals surface area (Å²) in [6.07, 6.45) is -4.83. The molecule has 0 fully saturated rings. The first-order valence-corrected chi connectivity index (χ1v) is 7.55. The fraction of sp³-hybridized carbons (Fsp3) is 0.214. The standard InChI is InChI=1S/C14H12ClF3N2O2S/c1-20(8-9-6-7-12(15)23-9)13(21)19-10-4-2-3-5-11(10)22-14(16,17)18/h2-7H,8H2,1H3,(H,19,21). The van der Waals surface area contributed by atoms with Gasteiger partial charge >= 0.3 is 12.4 Å². The Labute approximate surface area is 139 Å². The molecule has 23 heavy (non-hydrogen) atoms. The van der Waals surface area contributed by atoms with E-state index in [2.05, 4.69) is 10.1 Å². The van der Waals surface area contributed by atoms with Gasteiger partial charge in [-0.2, -0.15) is 0 Å². The first kappa shape index (κ1) is 17.4. The molecule has 0 bridgehead atoms. The smallest absolute Gasteiger partial charge is 0.404 e. The van der Waals surface area contributed by atoms with Crippen LogP contribution in [0.5, 0.6) is 5.75 Å². The summed E-state index contributed by atoms with van der Waals surface area (Å²) in [4.78, 5) is 14.3. The number of amides is 2. The summed E-state index contributed by atoms with van der Waals surface area (Å²) in [5, 5.41) is 2.39. The zero-order valence-corrected chi connectivity index (χ0v) is 13.4. The number of carbonyl (C=O) groups excluding carboxylic acids is 1. The molecule has 4 nitrogen and oxygen atoms in total. The molecule has 0 spiro atoms. The van der Waals surface area contributed by atoms with E-state index in [-0.39, 0.29) is 12.2 Å². The lowest BCUT2D eigenvalue weighted by Crippen LogP contribution is -2.31. The minimum Gasteiger partial charge on any atom is -0.404 e. The molecule has 0 saturated heterocycles. The van der Waals surface area contributed by atoms with E-state index in [1.165, 1.54) is 41.5 Å². The van der Waals surface area contributed by atoms with Crippen LogP contribution >= 0.6 is 22.9 Å². The normalized spacial score (nSPS) is 11.2. The van der Waals surface area contributed by atoms with Gasteiger partial charge in [-0.25, -0.2) is 4.79 Å². The predicted octanol–water partition coefficient (Wildman–Crippen LogP) is 4.96. The lowest BCUT2D eigenvalue weighted by atomic mass is 10.3. The number of benzene rings is 1. The first-order valence-electron chi connectivity index (χ1n) is 6.36. The van der Waals surface area contributed by atoms with Crippen molar-refractivity contribution in [1.82, 2.24) is 4.90 Å².